The van der Waals surface area contributed by atoms with Gasteiger partial charge in [-0.2, -0.15) is 0 Å². The van der Waals surface area contributed by atoms with Crippen LogP contribution >= 0.6 is 11.6 Å². The normalized spacial score (nSPS) is 19.8. The number of sulfonamides is 1. The first kappa shape index (κ1) is 18.7. The van der Waals surface area contributed by atoms with Gasteiger partial charge in [-0.25, -0.2) is 13.1 Å². The molecule has 1 aromatic carbocycles. The van der Waals surface area contributed by atoms with Crippen molar-refractivity contribution in [3.63, 3.8) is 0 Å². The highest BCUT2D eigenvalue weighted by Gasteiger charge is 2.20. The Balaban J connectivity index is 1.74. The lowest BCUT2D eigenvalue weighted by Gasteiger charge is -2.35. The standard InChI is InChI=1S/C17H27ClN2O2S/c1-2-17-9-3-4-11-20(17)12-6-10-19-23(21,22)14-15-7-5-8-16(18)13-15/h5,7-8,13,17,19H,2-4,6,9-12,14H2,1H3/t17-/m0/s1. The third-order valence-electron chi connectivity index (χ3n) is 4.41. The summed E-state index contributed by atoms with van der Waals surface area (Å²) < 4.78 is 26.9. The molecule has 0 aromatic heterocycles. The van der Waals surface area contributed by atoms with Crippen LogP contribution in [0.4, 0.5) is 0 Å². The van der Waals surface area contributed by atoms with E-state index in [0.717, 1.165) is 19.5 Å². The number of hydrogen-bond donors (Lipinski definition) is 1. The molecule has 0 bridgehead atoms. The molecule has 130 valence electrons. The monoisotopic (exact) mass is 358 g/mol. The second kappa shape index (κ2) is 9.02. The first-order valence-electron chi connectivity index (χ1n) is 8.46. The minimum Gasteiger partial charge on any atom is -0.300 e. The molecule has 1 heterocycles. The third-order valence-corrected chi connectivity index (χ3v) is 6.00. The highest BCUT2D eigenvalue weighted by Crippen LogP contribution is 2.19. The number of benzene rings is 1. The molecule has 0 unspecified atom stereocenters. The van der Waals surface area contributed by atoms with Crippen LogP contribution in [0.25, 0.3) is 0 Å². The smallest absolute Gasteiger partial charge is 0.215 e. The summed E-state index contributed by atoms with van der Waals surface area (Å²) in [6, 6.07) is 7.67. The summed E-state index contributed by atoms with van der Waals surface area (Å²) in [5.41, 5.74) is 0.715. The van der Waals surface area contributed by atoms with E-state index in [9.17, 15) is 8.42 Å². The van der Waals surface area contributed by atoms with E-state index in [4.69, 9.17) is 11.6 Å². The zero-order chi connectivity index (χ0) is 16.7. The van der Waals surface area contributed by atoms with Crippen LogP contribution in [0.1, 0.15) is 44.6 Å². The maximum atomic E-state index is 12.1. The number of halogens is 1. The molecule has 23 heavy (non-hydrogen) atoms. The molecule has 1 N–H and O–H groups in total. The number of nitrogens with one attached hydrogen (secondary N) is 1. The minimum atomic E-state index is -3.30. The largest absolute Gasteiger partial charge is 0.300 e. The fourth-order valence-corrected chi connectivity index (χ4v) is 4.61. The molecule has 0 saturated carbocycles. The molecular weight excluding hydrogens is 332 g/mol. The number of nitrogens with zero attached hydrogens (tertiary/aromatic N) is 1. The van der Waals surface area contributed by atoms with Crippen molar-refractivity contribution in [1.29, 1.82) is 0 Å². The van der Waals surface area contributed by atoms with Crippen LogP contribution in [0.3, 0.4) is 0 Å². The Morgan fingerprint density at radius 1 is 1.35 bits per heavy atom. The second-order valence-electron chi connectivity index (χ2n) is 6.23. The van der Waals surface area contributed by atoms with E-state index < -0.39 is 10.0 Å². The number of likely N-dealkylation sites (tertiary alicyclic amines) is 1. The van der Waals surface area contributed by atoms with Gasteiger partial charge in [-0.3, -0.25) is 0 Å². The molecular formula is C17H27ClN2O2S. The van der Waals surface area contributed by atoms with Crippen LogP contribution < -0.4 is 4.72 Å². The molecule has 2 rings (SSSR count). The lowest BCUT2D eigenvalue weighted by molar-refractivity contribution is 0.143. The highest BCUT2D eigenvalue weighted by molar-refractivity contribution is 7.88. The predicted octanol–water partition coefficient (Wildman–Crippen LogP) is 3.41. The Morgan fingerprint density at radius 2 is 2.17 bits per heavy atom. The highest BCUT2D eigenvalue weighted by atomic mass is 35.5. The molecule has 1 fully saturated rings. The van der Waals surface area contributed by atoms with Crippen molar-refractivity contribution in [3.05, 3.63) is 34.9 Å². The van der Waals surface area contributed by atoms with Crippen molar-refractivity contribution in [1.82, 2.24) is 9.62 Å². The minimum absolute atomic E-state index is 0.0190. The molecule has 0 amide bonds. The molecule has 1 atom stereocenters. The quantitative estimate of drug-likeness (QED) is 0.724. The van der Waals surface area contributed by atoms with Crippen molar-refractivity contribution in [2.45, 2.75) is 50.8 Å². The summed E-state index contributed by atoms with van der Waals surface area (Å²) in [7, 11) is -3.30. The Bertz CT molecular complexity index is 592. The Morgan fingerprint density at radius 3 is 2.91 bits per heavy atom. The molecule has 1 aliphatic rings. The van der Waals surface area contributed by atoms with Crippen LogP contribution in [-0.4, -0.2) is 39.0 Å². The van der Waals surface area contributed by atoms with Crippen molar-refractivity contribution >= 4 is 21.6 Å². The summed E-state index contributed by atoms with van der Waals surface area (Å²) in [6.07, 6.45) is 5.89. The van der Waals surface area contributed by atoms with Gasteiger partial charge in [-0.15, -0.1) is 0 Å². The van der Waals surface area contributed by atoms with Gasteiger partial charge in [-0.1, -0.05) is 37.1 Å². The summed E-state index contributed by atoms with van der Waals surface area (Å²) in [5.74, 6) is -0.0190. The predicted molar refractivity (Wildman–Crippen MR) is 96.2 cm³/mol. The van der Waals surface area contributed by atoms with Gasteiger partial charge in [0.1, 0.15) is 0 Å². The first-order valence-corrected chi connectivity index (χ1v) is 10.5. The fourth-order valence-electron chi connectivity index (χ4n) is 3.22. The summed E-state index contributed by atoms with van der Waals surface area (Å²) in [5, 5.41) is 0.563. The average molecular weight is 359 g/mol. The van der Waals surface area contributed by atoms with E-state index in [2.05, 4.69) is 16.5 Å². The Hall–Kier alpha value is -0.620. The van der Waals surface area contributed by atoms with Gasteiger partial charge in [0.25, 0.3) is 0 Å². The van der Waals surface area contributed by atoms with Gasteiger partial charge >= 0.3 is 0 Å². The van der Waals surface area contributed by atoms with Crippen molar-refractivity contribution < 1.29 is 8.42 Å². The molecule has 1 saturated heterocycles. The van der Waals surface area contributed by atoms with Crippen molar-refractivity contribution in [3.8, 4) is 0 Å². The van der Waals surface area contributed by atoms with Gasteiger partial charge < -0.3 is 4.90 Å². The summed E-state index contributed by atoms with van der Waals surface area (Å²) >= 11 is 5.89. The molecule has 6 heteroatoms. The molecule has 1 aliphatic heterocycles. The van der Waals surface area contributed by atoms with Crippen LogP contribution in [0.5, 0.6) is 0 Å². The van der Waals surface area contributed by atoms with Crippen molar-refractivity contribution in [2.75, 3.05) is 19.6 Å². The third kappa shape index (κ3) is 6.42. The van der Waals surface area contributed by atoms with Gasteiger partial charge in [0.15, 0.2) is 0 Å². The van der Waals surface area contributed by atoms with E-state index in [0.29, 0.717) is 23.2 Å². The maximum absolute atomic E-state index is 12.1. The number of hydrogen-bond acceptors (Lipinski definition) is 3. The molecule has 1 aromatic rings. The zero-order valence-electron chi connectivity index (χ0n) is 13.8. The second-order valence-corrected chi connectivity index (χ2v) is 8.47. The van der Waals surface area contributed by atoms with E-state index >= 15 is 0 Å². The van der Waals surface area contributed by atoms with Gasteiger partial charge in [0, 0.05) is 17.6 Å². The molecule has 0 spiro atoms. The molecule has 0 aliphatic carbocycles. The fraction of sp³-hybridized carbons (Fsp3) is 0.647. The summed E-state index contributed by atoms with van der Waals surface area (Å²) in [6.45, 7) is 4.85. The van der Waals surface area contributed by atoms with Gasteiger partial charge in [-0.05, 0) is 56.5 Å². The van der Waals surface area contributed by atoms with Gasteiger partial charge in [0.2, 0.25) is 10.0 Å². The summed E-state index contributed by atoms with van der Waals surface area (Å²) in [4.78, 5) is 2.51. The Labute approximate surface area is 145 Å². The van der Waals surface area contributed by atoms with Crippen LogP contribution in [0.15, 0.2) is 24.3 Å². The van der Waals surface area contributed by atoms with Crippen LogP contribution in [-0.2, 0) is 15.8 Å². The topological polar surface area (TPSA) is 49.4 Å². The van der Waals surface area contributed by atoms with E-state index in [-0.39, 0.29) is 5.75 Å². The molecule has 0 radical (unpaired) electrons. The van der Waals surface area contributed by atoms with Gasteiger partial charge in [0.05, 0.1) is 5.75 Å². The van der Waals surface area contributed by atoms with Crippen LogP contribution in [0, 0.1) is 0 Å². The maximum Gasteiger partial charge on any atom is 0.215 e. The van der Waals surface area contributed by atoms with E-state index in [1.165, 1.54) is 25.7 Å². The SMILES string of the molecule is CC[C@H]1CCCCN1CCCNS(=O)(=O)Cc1cccc(Cl)c1. The van der Waals surface area contributed by atoms with E-state index in [1.807, 2.05) is 0 Å². The zero-order valence-corrected chi connectivity index (χ0v) is 15.4. The number of rotatable bonds is 8. The number of piperidine rings is 1. The first-order chi connectivity index (χ1) is 11.0. The average Bonchev–Trinajstić information content (AvgIpc) is 2.51. The van der Waals surface area contributed by atoms with E-state index in [1.54, 1.807) is 24.3 Å². The molecule has 4 nitrogen and oxygen atoms in total. The van der Waals surface area contributed by atoms with Crippen LogP contribution in [0.2, 0.25) is 5.02 Å². The van der Waals surface area contributed by atoms with Crippen molar-refractivity contribution in [2.24, 2.45) is 0 Å². The lowest BCUT2D eigenvalue weighted by atomic mass is 10.00. The lowest BCUT2D eigenvalue weighted by Crippen LogP contribution is -2.40. The Kier molecular flexibility index (Phi) is 7.34.